The summed E-state index contributed by atoms with van der Waals surface area (Å²) in [7, 11) is 3.63. The molecule has 0 saturated carbocycles. The number of amides is 1. The number of likely N-dealkylation sites (N-methyl/N-ethyl adjacent to an activating group) is 1. The SMILES string of the molecule is Cc1cc(C(=O)CN(C)CC(N)=O)c(C)n1C. The highest BCUT2D eigenvalue weighted by molar-refractivity contribution is 5.99. The first-order valence-electron chi connectivity index (χ1n) is 5.46. The van der Waals surface area contributed by atoms with Crippen LogP contribution in [-0.2, 0) is 11.8 Å². The number of Topliss-reactive ketones (excluding diaryl/α,β-unsaturated/α-hetero) is 1. The molecule has 1 rings (SSSR count). The van der Waals surface area contributed by atoms with Crippen molar-refractivity contribution < 1.29 is 9.59 Å². The minimum atomic E-state index is -0.429. The van der Waals surface area contributed by atoms with Crippen molar-refractivity contribution in [3.63, 3.8) is 0 Å². The molecule has 0 aliphatic rings. The van der Waals surface area contributed by atoms with Crippen molar-refractivity contribution in [3.8, 4) is 0 Å². The lowest BCUT2D eigenvalue weighted by Crippen LogP contribution is -2.34. The second-order valence-electron chi connectivity index (χ2n) is 4.41. The number of hydrogen-bond acceptors (Lipinski definition) is 3. The average Bonchev–Trinajstić information content (AvgIpc) is 2.44. The highest BCUT2D eigenvalue weighted by Crippen LogP contribution is 2.14. The third kappa shape index (κ3) is 3.17. The van der Waals surface area contributed by atoms with Gasteiger partial charge in [-0.1, -0.05) is 0 Å². The number of nitrogens with two attached hydrogens (primary N) is 1. The maximum atomic E-state index is 12.0. The van der Waals surface area contributed by atoms with Crippen LogP contribution < -0.4 is 5.73 Å². The van der Waals surface area contributed by atoms with Gasteiger partial charge in [0.2, 0.25) is 5.91 Å². The Bertz CT molecular complexity index is 449. The van der Waals surface area contributed by atoms with Gasteiger partial charge in [0, 0.05) is 24.0 Å². The molecule has 0 atom stereocenters. The average molecular weight is 237 g/mol. The quantitative estimate of drug-likeness (QED) is 0.746. The van der Waals surface area contributed by atoms with Gasteiger partial charge in [0.1, 0.15) is 0 Å². The van der Waals surface area contributed by atoms with E-state index in [-0.39, 0.29) is 18.9 Å². The molecule has 1 amide bonds. The third-order valence-electron chi connectivity index (χ3n) is 2.91. The van der Waals surface area contributed by atoms with E-state index in [0.717, 1.165) is 11.4 Å². The Morgan fingerprint density at radius 2 is 1.94 bits per heavy atom. The lowest BCUT2D eigenvalue weighted by Gasteiger charge is -2.13. The smallest absolute Gasteiger partial charge is 0.231 e. The summed E-state index contributed by atoms with van der Waals surface area (Å²) >= 11 is 0. The Kier molecular flexibility index (Phi) is 4.07. The predicted octanol–water partition coefficient (Wildman–Crippen LogP) is 0.242. The molecule has 5 heteroatoms. The van der Waals surface area contributed by atoms with Crippen LogP contribution in [0.1, 0.15) is 21.7 Å². The fraction of sp³-hybridized carbons (Fsp3) is 0.500. The number of hydrogen-bond donors (Lipinski definition) is 1. The van der Waals surface area contributed by atoms with Gasteiger partial charge in [-0.25, -0.2) is 0 Å². The van der Waals surface area contributed by atoms with Crippen LogP contribution in [0.2, 0.25) is 0 Å². The highest BCUT2D eigenvalue weighted by atomic mass is 16.1. The number of ketones is 1. The molecule has 0 saturated heterocycles. The largest absolute Gasteiger partial charge is 0.369 e. The molecule has 0 aromatic carbocycles. The molecule has 0 spiro atoms. The lowest BCUT2D eigenvalue weighted by molar-refractivity contribution is -0.118. The lowest BCUT2D eigenvalue weighted by atomic mass is 10.1. The van der Waals surface area contributed by atoms with E-state index in [1.54, 1.807) is 11.9 Å². The van der Waals surface area contributed by atoms with E-state index >= 15 is 0 Å². The maximum absolute atomic E-state index is 12.0. The van der Waals surface area contributed by atoms with E-state index < -0.39 is 5.91 Å². The summed E-state index contributed by atoms with van der Waals surface area (Å²) < 4.78 is 1.97. The Hall–Kier alpha value is -1.62. The molecule has 94 valence electrons. The fourth-order valence-electron chi connectivity index (χ4n) is 1.79. The van der Waals surface area contributed by atoms with E-state index in [1.807, 2.05) is 31.5 Å². The Morgan fingerprint density at radius 1 is 1.35 bits per heavy atom. The molecular weight excluding hydrogens is 218 g/mol. The maximum Gasteiger partial charge on any atom is 0.231 e. The molecule has 0 fully saturated rings. The summed E-state index contributed by atoms with van der Waals surface area (Å²) in [6, 6.07) is 1.87. The first-order valence-corrected chi connectivity index (χ1v) is 5.46. The zero-order valence-electron chi connectivity index (χ0n) is 10.8. The fourth-order valence-corrected chi connectivity index (χ4v) is 1.79. The Labute approximate surface area is 101 Å². The highest BCUT2D eigenvalue weighted by Gasteiger charge is 2.16. The van der Waals surface area contributed by atoms with Crippen LogP contribution in [0, 0.1) is 13.8 Å². The molecule has 1 heterocycles. The zero-order valence-corrected chi connectivity index (χ0v) is 10.8. The van der Waals surface area contributed by atoms with Crippen molar-refractivity contribution >= 4 is 11.7 Å². The molecule has 2 N–H and O–H groups in total. The van der Waals surface area contributed by atoms with Crippen LogP contribution in [-0.4, -0.2) is 41.3 Å². The van der Waals surface area contributed by atoms with Gasteiger partial charge in [-0.3, -0.25) is 14.5 Å². The summed E-state index contributed by atoms with van der Waals surface area (Å²) in [5.41, 5.74) is 7.77. The van der Waals surface area contributed by atoms with Crippen molar-refractivity contribution in [1.82, 2.24) is 9.47 Å². The number of primary amides is 1. The standard InChI is InChI=1S/C12H19N3O2/c1-8-5-10(9(2)15(8)4)11(16)6-14(3)7-12(13)17/h5H,6-7H2,1-4H3,(H2,13,17). The van der Waals surface area contributed by atoms with Crippen LogP contribution in [0.5, 0.6) is 0 Å². The van der Waals surface area contributed by atoms with Crippen molar-refractivity contribution in [2.75, 3.05) is 20.1 Å². The molecule has 5 nitrogen and oxygen atoms in total. The van der Waals surface area contributed by atoms with E-state index in [2.05, 4.69) is 0 Å². The van der Waals surface area contributed by atoms with Crippen molar-refractivity contribution in [2.24, 2.45) is 12.8 Å². The molecule has 0 unspecified atom stereocenters. The number of aryl methyl sites for hydroxylation is 1. The van der Waals surface area contributed by atoms with Gasteiger partial charge in [0.25, 0.3) is 0 Å². The van der Waals surface area contributed by atoms with E-state index in [1.165, 1.54) is 0 Å². The van der Waals surface area contributed by atoms with Gasteiger partial charge in [0.05, 0.1) is 13.1 Å². The monoisotopic (exact) mass is 237 g/mol. The first kappa shape index (κ1) is 13.4. The first-order chi connectivity index (χ1) is 7.82. The molecule has 17 heavy (non-hydrogen) atoms. The molecule has 0 aliphatic heterocycles. The van der Waals surface area contributed by atoms with Gasteiger partial charge in [-0.15, -0.1) is 0 Å². The molecule has 1 aromatic rings. The minimum absolute atomic E-state index is 0.00921. The minimum Gasteiger partial charge on any atom is -0.369 e. The zero-order chi connectivity index (χ0) is 13.2. The number of aromatic nitrogens is 1. The van der Waals surface area contributed by atoms with Crippen LogP contribution in [0.4, 0.5) is 0 Å². The van der Waals surface area contributed by atoms with E-state index in [9.17, 15) is 9.59 Å². The van der Waals surface area contributed by atoms with Crippen LogP contribution >= 0.6 is 0 Å². The third-order valence-corrected chi connectivity index (χ3v) is 2.91. The second kappa shape index (κ2) is 5.14. The summed E-state index contributed by atoms with van der Waals surface area (Å²) in [6.45, 7) is 4.16. The van der Waals surface area contributed by atoms with Crippen LogP contribution in [0.25, 0.3) is 0 Å². The van der Waals surface area contributed by atoms with Crippen LogP contribution in [0.3, 0.4) is 0 Å². The number of rotatable bonds is 5. The topological polar surface area (TPSA) is 68.3 Å². The van der Waals surface area contributed by atoms with Crippen molar-refractivity contribution in [1.29, 1.82) is 0 Å². The summed E-state index contributed by atoms with van der Waals surface area (Å²) in [4.78, 5) is 24.4. The molecule has 0 radical (unpaired) electrons. The van der Waals surface area contributed by atoms with Gasteiger partial charge in [0.15, 0.2) is 5.78 Å². The predicted molar refractivity (Wildman–Crippen MR) is 65.9 cm³/mol. The number of carbonyl (C=O) groups is 2. The number of nitrogens with zero attached hydrogens (tertiary/aromatic N) is 2. The van der Waals surface area contributed by atoms with Gasteiger partial charge in [-0.2, -0.15) is 0 Å². The van der Waals surface area contributed by atoms with Gasteiger partial charge in [-0.05, 0) is 27.0 Å². The number of carbonyl (C=O) groups excluding carboxylic acids is 2. The Morgan fingerprint density at radius 3 is 2.35 bits per heavy atom. The van der Waals surface area contributed by atoms with E-state index in [0.29, 0.717) is 5.56 Å². The molecule has 1 aromatic heterocycles. The molecule has 0 bridgehead atoms. The Balaban J connectivity index is 2.76. The van der Waals surface area contributed by atoms with Crippen LogP contribution in [0.15, 0.2) is 6.07 Å². The summed E-state index contributed by atoms with van der Waals surface area (Å²) in [6.07, 6.45) is 0. The van der Waals surface area contributed by atoms with Crippen molar-refractivity contribution in [3.05, 3.63) is 23.0 Å². The molecule has 0 aliphatic carbocycles. The molecular formula is C12H19N3O2. The van der Waals surface area contributed by atoms with Gasteiger partial charge >= 0.3 is 0 Å². The van der Waals surface area contributed by atoms with E-state index in [4.69, 9.17) is 5.73 Å². The normalized spacial score (nSPS) is 10.9. The summed E-state index contributed by atoms with van der Waals surface area (Å²) in [5.74, 6) is -0.420. The summed E-state index contributed by atoms with van der Waals surface area (Å²) in [5, 5.41) is 0. The van der Waals surface area contributed by atoms with Crippen molar-refractivity contribution in [2.45, 2.75) is 13.8 Å². The second-order valence-corrected chi connectivity index (χ2v) is 4.41. The van der Waals surface area contributed by atoms with Gasteiger partial charge < -0.3 is 10.3 Å².